The minimum absolute atomic E-state index is 0.0482. The molecule has 2 rings (SSSR count). The molecule has 1 N–H and O–H groups in total. The Balaban J connectivity index is 1.97. The Morgan fingerprint density at radius 1 is 1.47 bits per heavy atom. The molecule has 2 heterocycles. The fourth-order valence-electron chi connectivity index (χ4n) is 1.55. The molecule has 0 saturated carbocycles. The molecule has 0 radical (unpaired) electrons. The van der Waals surface area contributed by atoms with Crippen LogP contribution in [0.15, 0.2) is 18.3 Å². The molecule has 0 unspecified atom stereocenters. The van der Waals surface area contributed by atoms with Crippen molar-refractivity contribution >= 4 is 5.91 Å². The summed E-state index contributed by atoms with van der Waals surface area (Å²) in [4.78, 5) is 11.7. The summed E-state index contributed by atoms with van der Waals surface area (Å²) in [5, 5.41) is 10.2. The molecule has 0 aliphatic heterocycles. The molecule has 0 fully saturated rings. The van der Waals surface area contributed by atoms with E-state index in [-0.39, 0.29) is 12.2 Å². The summed E-state index contributed by atoms with van der Waals surface area (Å²) in [6.45, 7) is -0.634. The van der Waals surface area contributed by atoms with Gasteiger partial charge in [-0.15, -0.1) is 0 Å². The highest BCUT2D eigenvalue weighted by atomic mass is 19.3. The second-order valence-electron chi connectivity index (χ2n) is 4.04. The Kier molecular flexibility index (Phi) is 3.59. The topological polar surface area (TPSA) is 64.7 Å². The van der Waals surface area contributed by atoms with E-state index in [4.69, 9.17) is 0 Å². The van der Waals surface area contributed by atoms with Crippen molar-refractivity contribution in [3.63, 3.8) is 0 Å². The Labute approximate surface area is 108 Å². The summed E-state index contributed by atoms with van der Waals surface area (Å²) < 4.78 is 26.7. The quantitative estimate of drug-likeness (QED) is 0.908. The lowest BCUT2D eigenvalue weighted by Crippen LogP contribution is -2.23. The third-order valence-corrected chi connectivity index (χ3v) is 2.64. The second kappa shape index (κ2) is 5.17. The van der Waals surface area contributed by atoms with E-state index in [0.29, 0.717) is 10.4 Å². The molecule has 102 valence electrons. The minimum atomic E-state index is -2.75. The fraction of sp³-hybridized carbons (Fsp3) is 0.364. The van der Waals surface area contributed by atoms with Crippen LogP contribution in [0.3, 0.4) is 0 Å². The van der Waals surface area contributed by atoms with Gasteiger partial charge < -0.3 is 5.32 Å². The van der Waals surface area contributed by atoms with Crippen molar-refractivity contribution in [1.82, 2.24) is 24.9 Å². The van der Waals surface area contributed by atoms with Crippen molar-refractivity contribution in [3.05, 3.63) is 35.4 Å². The standard InChI is InChI=1S/C11H13F2N5O/c1-7-5-8(15-17(7)2)6-14-10(19)9-3-4-18(16-9)11(12)13/h3-5,11H,6H2,1-2H3,(H,14,19). The van der Waals surface area contributed by atoms with Gasteiger partial charge in [0.15, 0.2) is 0 Å². The number of rotatable bonds is 4. The largest absolute Gasteiger partial charge is 0.345 e. The van der Waals surface area contributed by atoms with Crippen molar-refractivity contribution in [1.29, 1.82) is 0 Å². The molecule has 1 amide bonds. The molecule has 8 heteroatoms. The van der Waals surface area contributed by atoms with Crippen LogP contribution in [0.1, 0.15) is 28.4 Å². The average Bonchev–Trinajstić information content (AvgIpc) is 2.95. The van der Waals surface area contributed by atoms with E-state index < -0.39 is 12.5 Å². The van der Waals surface area contributed by atoms with Gasteiger partial charge in [-0.2, -0.15) is 19.0 Å². The first-order chi connectivity index (χ1) is 8.97. The number of alkyl halides is 2. The molecule has 2 aromatic rings. The van der Waals surface area contributed by atoms with Crippen molar-refractivity contribution < 1.29 is 13.6 Å². The van der Waals surface area contributed by atoms with E-state index in [1.165, 1.54) is 6.07 Å². The summed E-state index contributed by atoms with van der Waals surface area (Å²) in [5.74, 6) is -0.511. The van der Waals surface area contributed by atoms with Gasteiger partial charge in [-0.1, -0.05) is 0 Å². The number of nitrogens with one attached hydrogen (secondary N) is 1. The number of carbonyl (C=O) groups is 1. The van der Waals surface area contributed by atoms with E-state index in [1.807, 2.05) is 13.0 Å². The van der Waals surface area contributed by atoms with Crippen LogP contribution in [0.5, 0.6) is 0 Å². The Bertz CT molecular complexity index is 570. The molecule has 19 heavy (non-hydrogen) atoms. The van der Waals surface area contributed by atoms with Crippen LogP contribution >= 0.6 is 0 Å². The summed E-state index contributed by atoms with van der Waals surface area (Å²) in [6.07, 6.45) is 1.06. The Morgan fingerprint density at radius 3 is 2.74 bits per heavy atom. The number of aryl methyl sites for hydroxylation is 2. The summed E-state index contributed by atoms with van der Waals surface area (Å²) in [7, 11) is 1.80. The number of amides is 1. The molecule has 0 aromatic carbocycles. The van der Waals surface area contributed by atoms with Gasteiger partial charge in [0.2, 0.25) is 0 Å². The predicted octanol–water partition coefficient (Wildman–Crippen LogP) is 1.25. The Hall–Kier alpha value is -2.25. The van der Waals surface area contributed by atoms with E-state index >= 15 is 0 Å². The average molecular weight is 269 g/mol. The van der Waals surface area contributed by atoms with Gasteiger partial charge in [0.1, 0.15) is 5.69 Å². The third kappa shape index (κ3) is 2.95. The molecule has 0 atom stereocenters. The van der Waals surface area contributed by atoms with Gasteiger partial charge in [-0.25, -0.2) is 4.68 Å². The number of hydrogen-bond acceptors (Lipinski definition) is 3. The molecule has 0 saturated heterocycles. The molecule has 0 aliphatic rings. The maximum absolute atomic E-state index is 12.3. The van der Waals surface area contributed by atoms with Gasteiger partial charge in [0.05, 0.1) is 12.2 Å². The number of aromatic nitrogens is 4. The van der Waals surface area contributed by atoms with Gasteiger partial charge in [-0.05, 0) is 19.1 Å². The normalized spacial score (nSPS) is 11.0. The molecule has 0 spiro atoms. The third-order valence-electron chi connectivity index (χ3n) is 2.64. The van der Waals surface area contributed by atoms with E-state index in [9.17, 15) is 13.6 Å². The maximum atomic E-state index is 12.3. The first-order valence-electron chi connectivity index (χ1n) is 5.58. The summed E-state index contributed by atoms with van der Waals surface area (Å²) in [6, 6.07) is 3.07. The smallest absolute Gasteiger partial charge is 0.333 e. The minimum Gasteiger partial charge on any atom is -0.345 e. The van der Waals surface area contributed by atoms with Gasteiger partial charge in [0.25, 0.3) is 5.91 Å². The lowest BCUT2D eigenvalue weighted by atomic mass is 10.3. The maximum Gasteiger partial charge on any atom is 0.333 e. The molecular formula is C11H13F2N5O. The van der Waals surface area contributed by atoms with Crippen LogP contribution in [0.4, 0.5) is 8.78 Å². The van der Waals surface area contributed by atoms with Gasteiger partial charge in [-0.3, -0.25) is 9.48 Å². The van der Waals surface area contributed by atoms with Crippen LogP contribution in [0.2, 0.25) is 0 Å². The predicted molar refractivity (Wildman–Crippen MR) is 62.6 cm³/mol. The van der Waals surface area contributed by atoms with Gasteiger partial charge >= 0.3 is 6.55 Å². The summed E-state index contributed by atoms with van der Waals surface area (Å²) >= 11 is 0. The number of halogens is 2. The lowest BCUT2D eigenvalue weighted by molar-refractivity contribution is 0.0560. The monoisotopic (exact) mass is 269 g/mol. The van der Waals surface area contributed by atoms with Crippen LogP contribution in [-0.4, -0.2) is 25.5 Å². The second-order valence-corrected chi connectivity index (χ2v) is 4.04. The van der Waals surface area contributed by atoms with Crippen molar-refractivity contribution in [3.8, 4) is 0 Å². The molecule has 2 aromatic heterocycles. The van der Waals surface area contributed by atoms with Crippen molar-refractivity contribution in [2.24, 2.45) is 7.05 Å². The van der Waals surface area contributed by atoms with E-state index in [1.54, 1.807) is 11.7 Å². The number of nitrogens with zero attached hydrogens (tertiary/aromatic N) is 4. The van der Waals surface area contributed by atoms with E-state index in [0.717, 1.165) is 11.9 Å². The highest BCUT2D eigenvalue weighted by Gasteiger charge is 2.13. The highest BCUT2D eigenvalue weighted by molar-refractivity contribution is 5.92. The zero-order valence-corrected chi connectivity index (χ0v) is 10.5. The summed E-state index contributed by atoms with van der Waals surface area (Å²) in [5.41, 5.74) is 1.61. The highest BCUT2D eigenvalue weighted by Crippen LogP contribution is 2.08. The van der Waals surface area contributed by atoms with Crippen molar-refractivity contribution in [2.75, 3.05) is 0 Å². The van der Waals surface area contributed by atoms with E-state index in [2.05, 4.69) is 15.5 Å². The number of carbonyl (C=O) groups excluding carboxylic acids is 1. The SMILES string of the molecule is Cc1cc(CNC(=O)c2ccn(C(F)F)n2)nn1C. The van der Waals surface area contributed by atoms with Gasteiger partial charge in [0, 0.05) is 18.9 Å². The first kappa shape index (κ1) is 13.2. The lowest BCUT2D eigenvalue weighted by Gasteiger charge is -2.00. The van der Waals surface area contributed by atoms with Crippen LogP contribution in [0, 0.1) is 6.92 Å². The molecule has 6 nitrogen and oxygen atoms in total. The van der Waals surface area contributed by atoms with Crippen LogP contribution in [0.25, 0.3) is 0 Å². The fourth-order valence-corrected chi connectivity index (χ4v) is 1.55. The van der Waals surface area contributed by atoms with Crippen LogP contribution in [-0.2, 0) is 13.6 Å². The first-order valence-corrected chi connectivity index (χ1v) is 5.58. The Morgan fingerprint density at radius 2 is 2.21 bits per heavy atom. The molecular weight excluding hydrogens is 256 g/mol. The van der Waals surface area contributed by atoms with Crippen molar-refractivity contribution in [2.45, 2.75) is 20.0 Å². The molecule has 0 bridgehead atoms. The zero-order chi connectivity index (χ0) is 14.0. The van der Waals surface area contributed by atoms with Crippen LogP contribution < -0.4 is 5.32 Å². The number of hydrogen-bond donors (Lipinski definition) is 1. The molecule has 0 aliphatic carbocycles. The zero-order valence-electron chi connectivity index (χ0n) is 10.5.